The molecular formula is C15H30N2O2. The van der Waals surface area contributed by atoms with E-state index in [9.17, 15) is 4.79 Å². The number of hydrogen-bond donors (Lipinski definition) is 1. The predicted octanol–water partition coefficient (Wildman–Crippen LogP) is 2.29. The predicted molar refractivity (Wildman–Crippen MR) is 78.4 cm³/mol. The van der Waals surface area contributed by atoms with E-state index in [4.69, 9.17) is 5.11 Å². The Labute approximate surface area is 117 Å². The van der Waals surface area contributed by atoms with Gasteiger partial charge in [0.2, 0.25) is 0 Å². The molecule has 0 aliphatic carbocycles. The van der Waals surface area contributed by atoms with Crippen LogP contribution in [0.2, 0.25) is 0 Å². The van der Waals surface area contributed by atoms with Crippen LogP contribution in [0.15, 0.2) is 0 Å². The topological polar surface area (TPSA) is 43.8 Å². The smallest absolute Gasteiger partial charge is 0.303 e. The molecular weight excluding hydrogens is 240 g/mol. The highest BCUT2D eigenvalue weighted by atomic mass is 16.4. The first-order valence-corrected chi connectivity index (χ1v) is 7.71. The summed E-state index contributed by atoms with van der Waals surface area (Å²) in [4.78, 5) is 15.8. The van der Waals surface area contributed by atoms with Crippen LogP contribution in [-0.2, 0) is 4.79 Å². The van der Waals surface area contributed by atoms with Crippen molar-refractivity contribution in [3.05, 3.63) is 0 Å². The van der Waals surface area contributed by atoms with Gasteiger partial charge in [-0.2, -0.15) is 0 Å². The van der Waals surface area contributed by atoms with Crippen LogP contribution < -0.4 is 0 Å². The fourth-order valence-corrected chi connectivity index (χ4v) is 2.82. The minimum atomic E-state index is -0.671. The van der Waals surface area contributed by atoms with Gasteiger partial charge in [-0.15, -0.1) is 0 Å². The van der Waals surface area contributed by atoms with Crippen LogP contribution in [0, 0.1) is 5.92 Å². The fourth-order valence-electron chi connectivity index (χ4n) is 2.82. The molecule has 1 saturated heterocycles. The number of hydrogen-bond acceptors (Lipinski definition) is 3. The Morgan fingerprint density at radius 3 is 2.68 bits per heavy atom. The maximum absolute atomic E-state index is 10.8. The van der Waals surface area contributed by atoms with Crippen LogP contribution in [0.1, 0.15) is 46.5 Å². The number of nitrogens with zero attached hydrogens (tertiary/aromatic N) is 2. The zero-order valence-corrected chi connectivity index (χ0v) is 12.8. The molecule has 0 bridgehead atoms. The highest BCUT2D eigenvalue weighted by Gasteiger charge is 2.27. The van der Waals surface area contributed by atoms with Gasteiger partial charge in [-0.05, 0) is 25.3 Å². The minimum absolute atomic E-state index is 0.293. The van der Waals surface area contributed by atoms with Gasteiger partial charge in [-0.3, -0.25) is 9.69 Å². The van der Waals surface area contributed by atoms with Gasteiger partial charge in [-0.25, -0.2) is 0 Å². The van der Waals surface area contributed by atoms with Crippen LogP contribution in [0.25, 0.3) is 0 Å². The lowest BCUT2D eigenvalue weighted by molar-refractivity contribution is -0.137. The molecule has 4 heteroatoms. The molecule has 1 unspecified atom stereocenters. The Kier molecular flexibility index (Phi) is 7.39. The average molecular weight is 270 g/mol. The molecule has 1 atom stereocenters. The Morgan fingerprint density at radius 1 is 1.37 bits per heavy atom. The van der Waals surface area contributed by atoms with Gasteiger partial charge in [0, 0.05) is 38.6 Å². The number of carboxylic acids is 1. The quantitative estimate of drug-likeness (QED) is 0.735. The van der Waals surface area contributed by atoms with Gasteiger partial charge < -0.3 is 10.0 Å². The second-order valence-electron chi connectivity index (χ2n) is 6.13. The molecule has 0 amide bonds. The van der Waals surface area contributed by atoms with E-state index in [0.717, 1.165) is 39.1 Å². The lowest BCUT2D eigenvalue weighted by atomic mass is 10.0. The lowest BCUT2D eigenvalue weighted by Crippen LogP contribution is -2.54. The first-order valence-electron chi connectivity index (χ1n) is 7.71. The molecule has 112 valence electrons. The van der Waals surface area contributed by atoms with Crippen molar-refractivity contribution in [2.45, 2.75) is 52.5 Å². The summed E-state index contributed by atoms with van der Waals surface area (Å²) in [5.74, 6) is -0.0234. The molecule has 4 nitrogen and oxygen atoms in total. The highest BCUT2D eigenvalue weighted by molar-refractivity contribution is 5.66. The fraction of sp³-hybridized carbons (Fsp3) is 0.933. The summed E-state index contributed by atoms with van der Waals surface area (Å²) in [7, 11) is 0. The van der Waals surface area contributed by atoms with E-state index >= 15 is 0 Å². The number of rotatable bonds is 8. The monoisotopic (exact) mass is 270 g/mol. The van der Waals surface area contributed by atoms with Gasteiger partial charge in [-0.1, -0.05) is 27.2 Å². The van der Waals surface area contributed by atoms with Gasteiger partial charge >= 0.3 is 5.97 Å². The van der Waals surface area contributed by atoms with Crippen LogP contribution in [0.4, 0.5) is 0 Å². The molecule has 0 saturated carbocycles. The van der Waals surface area contributed by atoms with Gasteiger partial charge in [0.15, 0.2) is 0 Å². The van der Waals surface area contributed by atoms with E-state index in [1.165, 1.54) is 12.8 Å². The number of carbonyl (C=O) groups is 1. The van der Waals surface area contributed by atoms with Gasteiger partial charge in [0.05, 0.1) is 0 Å². The third-order valence-corrected chi connectivity index (χ3v) is 3.81. The summed E-state index contributed by atoms with van der Waals surface area (Å²) in [6.45, 7) is 12.2. The number of piperazine rings is 1. The van der Waals surface area contributed by atoms with Gasteiger partial charge in [0.25, 0.3) is 0 Å². The largest absolute Gasteiger partial charge is 0.481 e. The molecule has 0 aromatic carbocycles. The van der Waals surface area contributed by atoms with Crippen molar-refractivity contribution in [3.8, 4) is 0 Å². The summed E-state index contributed by atoms with van der Waals surface area (Å²) in [6.07, 6.45) is 3.55. The molecule has 1 N–H and O–H groups in total. The van der Waals surface area contributed by atoms with Crippen LogP contribution in [-0.4, -0.2) is 59.6 Å². The maximum Gasteiger partial charge on any atom is 0.303 e. The summed E-state index contributed by atoms with van der Waals surface area (Å²) in [5, 5.41) is 8.89. The number of unbranched alkanes of at least 4 members (excludes halogenated alkanes) is 1. The van der Waals surface area contributed by atoms with E-state index in [1.54, 1.807) is 0 Å². The van der Waals surface area contributed by atoms with Crippen molar-refractivity contribution >= 4 is 5.97 Å². The van der Waals surface area contributed by atoms with E-state index < -0.39 is 5.97 Å². The maximum atomic E-state index is 10.8. The molecule has 19 heavy (non-hydrogen) atoms. The Bertz CT molecular complexity index is 269. The highest BCUT2D eigenvalue weighted by Crippen LogP contribution is 2.17. The van der Waals surface area contributed by atoms with Crippen molar-refractivity contribution < 1.29 is 9.90 Å². The molecule has 0 aromatic rings. The molecule has 1 heterocycles. The number of carboxylic acid groups (broad SMARTS) is 1. The molecule has 1 rings (SSSR count). The SMILES string of the molecule is CCCCN1CCN(CC(C)C)C(CCC(=O)O)C1. The van der Waals surface area contributed by atoms with Gasteiger partial charge in [0.1, 0.15) is 0 Å². The van der Waals surface area contributed by atoms with Crippen molar-refractivity contribution in [3.63, 3.8) is 0 Å². The van der Waals surface area contributed by atoms with Crippen molar-refractivity contribution in [2.75, 3.05) is 32.7 Å². The summed E-state index contributed by atoms with van der Waals surface area (Å²) in [5.41, 5.74) is 0. The van der Waals surface area contributed by atoms with Crippen molar-refractivity contribution in [1.29, 1.82) is 0 Å². The average Bonchev–Trinajstić information content (AvgIpc) is 2.35. The first-order chi connectivity index (χ1) is 9.02. The zero-order valence-electron chi connectivity index (χ0n) is 12.8. The van der Waals surface area contributed by atoms with E-state index in [2.05, 4.69) is 30.6 Å². The summed E-state index contributed by atoms with van der Waals surface area (Å²) in [6, 6.07) is 0.420. The van der Waals surface area contributed by atoms with E-state index in [-0.39, 0.29) is 0 Å². The Hall–Kier alpha value is -0.610. The third-order valence-electron chi connectivity index (χ3n) is 3.81. The van der Waals surface area contributed by atoms with E-state index in [1.807, 2.05) is 0 Å². The zero-order chi connectivity index (χ0) is 14.3. The minimum Gasteiger partial charge on any atom is -0.481 e. The molecule has 1 aliphatic rings. The third kappa shape index (κ3) is 6.39. The summed E-state index contributed by atoms with van der Waals surface area (Å²) < 4.78 is 0. The van der Waals surface area contributed by atoms with Crippen LogP contribution in [0.3, 0.4) is 0 Å². The van der Waals surface area contributed by atoms with Crippen LogP contribution in [0.5, 0.6) is 0 Å². The molecule has 0 aromatic heterocycles. The Balaban J connectivity index is 2.49. The Morgan fingerprint density at radius 2 is 2.11 bits per heavy atom. The second-order valence-corrected chi connectivity index (χ2v) is 6.13. The van der Waals surface area contributed by atoms with E-state index in [0.29, 0.717) is 18.4 Å². The van der Waals surface area contributed by atoms with Crippen LogP contribution >= 0.6 is 0 Å². The molecule has 1 aliphatic heterocycles. The molecule has 0 radical (unpaired) electrons. The normalized spacial score (nSPS) is 22.0. The molecule has 0 spiro atoms. The summed E-state index contributed by atoms with van der Waals surface area (Å²) >= 11 is 0. The standard InChI is InChI=1S/C15H30N2O2/c1-4-5-8-16-9-10-17(11-13(2)3)14(12-16)6-7-15(18)19/h13-14H,4-12H2,1-3H3,(H,18,19). The lowest BCUT2D eigenvalue weighted by Gasteiger charge is -2.42. The van der Waals surface area contributed by atoms with Crippen molar-refractivity contribution in [1.82, 2.24) is 9.80 Å². The molecule has 1 fully saturated rings. The number of aliphatic carboxylic acids is 1. The van der Waals surface area contributed by atoms with Crippen molar-refractivity contribution in [2.24, 2.45) is 5.92 Å². The second kappa shape index (κ2) is 8.54. The first kappa shape index (κ1) is 16.4.